The highest BCUT2D eigenvalue weighted by molar-refractivity contribution is 7.12. The number of carbonyl (C=O) groups excluding carboxylic acids is 2. The number of alkyl halides is 3. The van der Waals surface area contributed by atoms with Crippen molar-refractivity contribution in [2.24, 2.45) is 0 Å². The number of benzene rings is 1. The summed E-state index contributed by atoms with van der Waals surface area (Å²) in [4.78, 5) is 34.1. The zero-order chi connectivity index (χ0) is 24.1. The van der Waals surface area contributed by atoms with Crippen molar-refractivity contribution in [3.8, 4) is 0 Å². The van der Waals surface area contributed by atoms with Gasteiger partial charge in [-0.25, -0.2) is 0 Å². The maximum absolute atomic E-state index is 12.8. The van der Waals surface area contributed by atoms with Crippen LogP contribution >= 0.6 is 11.3 Å². The lowest BCUT2D eigenvalue weighted by molar-refractivity contribution is -0.137. The molecule has 6 nitrogen and oxygen atoms in total. The lowest BCUT2D eigenvalue weighted by Gasteiger charge is -2.35. The zero-order valence-electron chi connectivity index (χ0n) is 19.0. The number of hydrogen-bond acceptors (Lipinski definition) is 5. The number of amides is 2. The lowest BCUT2D eigenvalue weighted by atomic mass is 10.1. The Morgan fingerprint density at radius 2 is 1.47 bits per heavy atom. The average molecular weight is 495 g/mol. The summed E-state index contributed by atoms with van der Waals surface area (Å²) in [5, 5.41) is 1.89. The fraction of sp³-hybridized carbons (Fsp3) is 0.500. The van der Waals surface area contributed by atoms with E-state index < -0.39 is 11.7 Å². The van der Waals surface area contributed by atoms with Crippen LogP contribution in [0.15, 0.2) is 41.8 Å². The smallest absolute Gasteiger partial charge is 0.338 e. The number of piperazine rings is 1. The molecule has 2 fully saturated rings. The van der Waals surface area contributed by atoms with E-state index in [0.717, 1.165) is 55.2 Å². The van der Waals surface area contributed by atoms with E-state index in [1.165, 1.54) is 23.5 Å². The van der Waals surface area contributed by atoms with Gasteiger partial charge in [-0.3, -0.25) is 19.4 Å². The third kappa shape index (κ3) is 6.37. The molecule has 3 heterocycles. The Balaban J connectivity index is 1.21. The Labute approximate surface area is 201 Å². The number of hydrogen-bond donors (Lipinski definition) is 0. The third-order valence-corrected chi connectivity index (χ3v) is 7.24. The molecule has 0 bridgehead atoms. The van der Waals surface area contributed by atoms with Crippen LogP contribution in [0.1, 0.15) is 27.2 Å². The highest BCUT2D eigenvalue weighted by Gasteiger charge is 2.30. The predicted octanol–water partition coefficient (Wildman–Crippen LogP) is 3.26. The Kier molecular flexibility index (Phi) is 7.90. The summed E-state index contributed by atoms with van der Waals surface area (Å²) in [6.45, 7) is 6.29. The van der Waals surface area contributed by atoms with Crippen LogP contribution in [0.25, 0.3) is 0 Å². The number of thiophene rings is 1. The number of carbonyl (C=O) groups is 2. The summed E-state index contributed by atoms with van der Waals surface area (Å²) in [5.41, 5.74) is 0.223. The van der Waals surface area contributed by atoms with Crippen molar-refractivity contribution in [3.63, 3.8) is 0 Å². The molecule has 184 valence electrons. The molecule has 2 saturated heterocycles. The Hall–Kier alpha value is -2.43. The Morgan fingerprint density at radius 3 is 2.12 bits per heavy atom. The van der Waals surface area contributed by atoms with E-state index in [9.17, 15) is 22.8 Å². The largest absolute Gasteiger partial charge is 0.416 e. The van der Waals surface area contributed by atoms with E-state index >= 15 is 0 Å². The first-order valence-electron chi connectivity index (χ1n) is 11.5. The van der Waals surface area contributed by atoms with Crippen LogP contribution in [0, 0.1) is 0 Å². The maximum Gasteiger partial charge on any atom is 0.416 e. The van der Waals surface area contributed by atoms with Gasteiger partial charge < -0.3 is 9.80 Å². The molecule has 2 amide bonds. The SMILES string of the molecule is O=C(CN1CCCN(Cc2ccc(C(F)(F)F)cc2)CC1)N1CCN(C(=O)c2cccs2)CC1. The fourth-order valence-corrected chi connectivity index (χ4v) is 5.10. The van der Waals surface area contributed by atoms with Crippen LogP contribution in [0.4, 0.5) is 13.2 Å². The summed E-state index contributed by atoms with van der Waals surface area (Å²) in [6, 6.07) is 9.03. The fourth-order valence-electron chi connectivity index (χ4n) is 4.40. The normalized spacial score (nSPS) is 18.7. The van der Waals surface area contributed by atoms with Crippen molar-refractivity contribution >= 4 is 23.2 Å². The predicted molar refractivity (Wildman–Crippen MR) is 125 cm³/mol. The van der Waals surface area contributed by atoms with Gasteiger partial charge in [0.05, 0.1) is 17.0 Å². The number of nitrogens with zero attached hydrogens (tertiary/aromatic N) is 4. The topological polar surface area (TPSA) is 47.1 Å². The maximum atomic E-state index is 12.8. The molecule has 1 aromatic carbocycles. The molecule has 0 unspecified atom stereocenters. The molecule has 0 saturated carbocycles. The molecule has 4 rings (SSSR count). The number of halogens is 3. The molecular formula is C24H29F3N4O2S. The van der Waals surface area contributed by atoms with Gasteiger partial charge in [-0.2, -0.15) is 13.2 Å². The molecule has 2 aliphatic rings. The summed E-state index contributed by atoms with van der Waals surface area (Å²) in [7, 11) is 0. The molecule has 1 aromatic heterocycles. The molecule has 0 N–H and O–H groups in total. The van der Waals surface area contributed by atoms with Crippen molar-refractivity contribution in [1.82, 2.24) is 19.6 Å². The minimum atomic E-state index is -4.32. The minimum absolute atomic E-state index is 0.0303. The first-order valence-corrected chi connectivity index (χ1v) is 12.4. The first-order chi connectivity index (χ1) is 16.3. The molecule has 10 heteroatoms. The van der Waals surface area contributed by atoms with Gasteiger partial charge in [-0.15, -0.1) is 11.3 Å². The third-order valence-electron chi connectivity index (χ3n) is 6.38. The second kappa shape index (κ2) is 10.9. The van der Waals surface area contributed by atoms with Gasteiger partial charge in [0.2, 0.25) is 5.91 Å². The van der Waals surface area contributed by atoms with Crippen LogP contribution in [0.3, 0.4) is 0 Å². The second-order valence-corrected chi connectivity index (χ2v) is 9.70. The van der Waals surface area contributed by atoms with Gasteiger partial charge in [0.1, 0.15) is 0 Å². The molecule has 0 radical (unpaired) electrons. The molecule has 2 aromatic rings. The highest BCUT2D eigenvalue weighted by Crippen LogP contribution is 2.29. The van der Waals surface area contributed by atoms with Crippen molar-refractivity contribution in [1.29, 1.82) is 0 Å². The van der Waals surface area contributed by atoms with Crippen LogP contribution in [-0.4, -0.2) is 90.3 Å². The minimum Gasteiger partial charge on any atom is -0.338 e. The quantitative estimate of drug-likeness (QED) is 0.640. The van der Waals surface area contributed by atoms with E-state index in [1.54, 1.807) is 4.90 Å². The molecular weight excluding hydrogens is 465 g/mol. The second-order valence-electron chi connectivity index (χ2n) is 8.75. The van der Waals surface area contributed by atoms with E-state index in [4.69, 9.17) is 0 Å². The van der Waals surface area contributed by atoms with Gasteiger partial charge in [0, 0.05) is 45.8 Å². The summed E-state index contributed by atoms with van der Waals surface area (Å²) in [6.07, 6.45) is -3.42. The van der Waals surface area contributed by atoms with E-state index in [1.807, 2.05) is 22.4 Å². The van der Waals surface area contributed by atoms with Gasteiger partial charge in [0.15, 0.2) is 0 Å². The van der Waals surface area contributed by atoms with Crippen LogP contribution in [0.2, 0.25) is 0 Å². The van der Waals surface area contributed by atoms with Crippen LogP contribution < -0.4 is 0 Å². The van der Waals surface area contributed by atoms with E-state index in [-0.39, 0.29) is 11.8 Å². The summed E-state index contributed by atoms with van der Waals surface area (Å²) in [5.74, 6) is 0.113. The molecule has 0 atom stereocenters. The average Bonchev–Trinajstić information content (AvgIpc) is 3.28. The van der Waals surface area contributed by atoms with Crippen LogP contribution in [-0.2, 0) is 17.5 Å². The first kappa shape index (κ1) is 24.7. The van der Waals surface area contributed by atoms with Crippen molar-refractivity contribution in [2.75, 3.05) is 58.9 Å². The zero-order valence-corrected chi connectivity index (χ0v) is 19.8. The van der Waals surface area contributed by atoms with Gasteiger partial charge in [0.25, 0.3) is 5.91 Å². The van der Waals surface area contributed by atoms with Gasteiger partial charge in [-0.1, -0.05) is 18.2 Å². The standard InChI is InChI=1S/C24H29F3N4O2S/c25-24(26,27)20-6-4-19(5-7-20)17-28-8-2-9-29(11-10-28)18-22(32)30-12-14-31(15-13-30)23(33)21-3-1-16-34-21/h1,3-7,16H,2,8-15,17-18H2. The molecule has 34 heavy (non-hydrogen) atoms. The molecule has 0 spiro atoms. The molecule has 0 aliphatic carbocycles. The lowest BCUT2D eigenvalue weighted by Crippen LogP contribution is -2.52. The van der Waals surface area contributed by atoms with Crippen molar-refractivity contribution in [2.45, 2.75) is 19.1 Å². The monoisotopic (exact) mass is 494 g/mol. The van der Waals surface area contributed by atoms with Gasteiger partial charge in [-0.05, 0) is 48.7 Å². The highest BCUT2D eigenvalue weighted by atomic mass is 32.1. The summed E-state index contributed by atoms with van der Waals surface area (Å²) < 4.78 is 38.3. The number of rotatable bonds is 5. The van der Waals surface area contributed by atoms with E-state index in [2.05, 4.69) is 9.80 Å². The summed E-state index contributed by atoms with van der Waals surface area (Å²) >= 11 is 1.43. The van der Waals surface area contributed by atoms with Gasteiger partial charge >= 0.3 is 6.18 Å². The van der Waals surface area contributed by atoms with Crippen molar-refractivity contribution < 1.29 is 22.8 Å². The molecule has 2 aliphatic heterocycles. The van der Waals surface area contributed by atoms with Crippen LogP contribution in [0.5, 0.6) is 0 Å². The Bertz CT molecular complexity index is 958. The Morgan fingerprint density at radius 1 is 0.824 bits per heavy atom. The van der Waals surface area contributed by atoms with Crippen molar-refractivity contribution in [3.05, 3.63) is 57.8 Å². The van der Waals surface area contributed by atoms with E-state index in [0.29, 0.717) is 39.3 Å².